The first-order valence-electron chi connectivity index (χ1n) is 9.87. The van der Waals surface area contributed by atoms with Crippen molar-refractivity contribution < 1.29 is 30.7 Å². The van der Waals surface area contributed by atoms with Gasteiger partial charge in [0, 0.05) is 0 Å². The number of likely N-dealkylation sites (N-methyl/N-ethyl adjacent to an activating group) is 1. The summed E-state index contributed by atoms with van der Waals surface area (Å²) < 4.78 is 18.0. The second-order valence-electron chi connectivity index (χ2n) is 7.66. The molecule has 8 nitrogen and oxygen atoms in total. The van der Waals surface area contributed by atoms with Gasteiger partial charge < -0.3 is 0 Å². The number of carbonyl (C=O) groups is 1. The molecule has 11 heteroatoms. The van der Waals surface area contributed by atoms with Gasteiger partial charge in [-0.3, -0.25) is 0 Å². The molecule has 0 spiro atoms. The number of H-pyrrole nitrogens is 1. The number of halogens is 3. The van der Waals surface area contributed by atoms with E-state index in [0.29, 0.717) is 39.1 Å². The Morgan fingerprint density at radius 3 is 3.06 bits per heavy atom. The summed E-state index contributed by atoms with van der Waals surface area (Å²) in [6.45, 7) is 1.90. The van der Waals surface area contributed by atoms with Crippen LogP contribution in [0.25, 0.3) is 22.4 Å². The zero-order valence-corrected chi connectivity index (χ0v) is 20.1. The molecule has 1 saturated heterocycles. The van der Waals surface area contributed by atoms with E-state index < -0.39 is 27.3 Å². The predicted molar refractivity (Wildman–Crippen MR) is 114 cm³/mol. The molecule has 0 bridgehead atoms. The number of hydrogen-bond donors (Lipinski definition) is 2. The van der Waals surface area contributed by atoms with Crippen molar-refractivity contribution in [3.63, 3.8) is 0 Å². The Kier molecular flexibility index (Phi) is 6.87. The molecule has 0 aliphatic carbocycles. The van der Waals surface area contributed by atoms with E-state index in [9.17, 15) is 9.18 Å². The van der Waals surface area contributed by atoms with Gasteiger partial charge in [-0.15, -0.1) is 0 Å². The number of aromatic nitrogens is 4. The van der Waals surface area contributed by atoms with Crippen LogP contribution >= 0.6 is 11.6 Å². The minimum atomic E-state index is -0.606. The number of aromatic amines is 1. The Morgan fingerprint density at radius 2 is 2.26 bits per heavy atom. The number of nitrogens with zero attached hydrogens (tertiary/aromatic N) is 5. The first-order chi connectivity index (χ1) is 14.9. The first kappa shape index (κ1) is 22.2. The molecule has 2 N–H and O–H groups in total. The summed E-state index contributed by atoms with van der Waals surface area (Å²) in [6.07, 6.45) is 6.47. The molecule has 0 saturated carbocycles. The second-order valence-corrected chi connectivity index (χ2v) is 11.0. The molecule has 4 heterocycles. The summed E-state index contributed by atoms with van der Waals surface area (Å²) >= 11 is 5.47. The SMILES string of the molecule is CN(C)CC(=O)N1CCC[C@@H]([I-]Nc2nc(-c3c[nH]c4ncc(Cl)cc34)ncc2F)C1. The van der Waals surface area contributed by atoms with Crippen molar-refractivity contribution in [2.75, 3.05) is 37.3 Å². The first-order valence-corrected chi connectivity index (χ1v) is 12.6. The van der Waals surface area contributed by atoms with Gasteiger partial charge in [0.25, 0.3) is 0 Å². The van der Waals surface area contributed by atoms with Gasteiger partial charge in [0.05, 0.1) is 0 Å². The number of nitrogens with one attached hydrogen (secondary N) is 2. The number of hydrogen-bond acceptors (Lipinski definition) is 6. The van der Waals surface area contributed by atoms with Crippen LogP contribution in [-0.2, 0) is 4.79 Å². The average molecular weight is 559 g/mol. The third-order valence-electron chi connectivity index (χ3n) is 4.95. The molecule has 1 atom stereocenters. The van der Waals surface area contributed by atoms with Crippen LogP contribution in [0.15, 0.2) is 24.7 Å². The summed E-state index contributed by atoms with van der Waals surface area (Å²) in [5, 5.41) is 1.28. The molecule has 166 valence electrons. The topological polar surface area (TPSA) is 90.0 Å². The van der Waals surface area contributed by atoms with E-state index in [0.717, 1.165) is 24.8 Å². The molecule has 31 heavy (non-hydrogen) atoms. The van der Waals surface area contributed by atoms with E-state index in [1.165, 1.54) is 6.20 Å². The fourth-order valence-electron chi connectivity index (χ4n) is 3.47. The van der Waals surface area contributed by atoms with E-state index in [-0.39, 0.29) is 11.7 Å². The van der Waals surface area contributed by atoms with Gasteiger partial charge in [0.2, 0.25) is 0 Å². The molecule has 1 aliphatic heterocycles. The van der Waals surface area contributed by atoms with E-state index in [1.54, 1.807) is 18.5 Å². The van der Waals surface area contributed by atoms with Crippen LogP contribution in [0.5, 0.6) is 0 Å². The maximum absolute atomic E-state index is 14.4. The van der Waals surface area contributed by atoms with E-state index in [4.69, 9.17) is 11.6 Å². The van der Waals surface area contributed by atoms with E-state index in [2.05, 4.69) is 23.5 Å². The number of alkyl halides is 1. The fraction of sp³-hybridized carbons (Fsp3) is 0.400. The van der Waals surface area contributed by atoms with Crippen LogP contribution < -0.4 is 25.0 Å². The van der Waals surface area contributed by atoms with Gasteiger partial charge in [-0.05, 0) is 0 Å². The van der Waals surface area contributed by atoms with Gasteiger partial charge in [-0.2, -0.15) is 0 Å². The third-order valence-corrected chi connectivity index (χ3v) is 7.88. The standard InChI is InChI=1S/C20H23ClFIN7O/c1-29(2)11-17(31)30-5-3-4-13(10-30)23-28-20-16(22)9-26-19(27-20)15-8-25-18-14(15)6-12(21)7-24-18/h6-9,13H,3-5,10-11H2,1-2H3,(H,24,25)(H,26,27,28)/q-1/t13-/m1/s1. The van der Waals surface area contributed by atoms with Crippen molar-refractivity contribution in [3.05, 3.63) is 35.5 Å². The molecule has 0 unspecified atom stereocenters. The number of pyridine rings is 1. The Bertz CT molecular complexity index is 1090. The van der Waals surface area contributed by atoms with E-state index >= 15 is 0 Å². The number of piperidine rings is 1. The van der Waals surface area contributed by atoms with Crippen molar-refractivity contribution in [2.45, 2.75) is 16.8 Å². The molecular formula is C20H23ClFIN7O-. The summed E-state index contributed by atoms with van der Waals surface area (Å²) in [5.41, 5.74) is 1.38. The van der Waals surface area contributed by atoms with Crippen molar-refractivity contribution >= 4 is 34.4 Å². The molecule has 1 fully saturated rings. The van der Waals surface area contributed by atoms with Gasteiger partial charge in [0.1, 0.15) is 0 Å². The Morgan fingerprint density at radius 1 is 1.42 bits per heavy atom. The number of amides is 1. The third kappa shape index (κ3) is 5.24. The van der Waals surface area contributed by atoms with Gasteiger partial charge >= 0.3 is 196 Å². The monoisotopic (exact) mass is 558 g/mol. The van der Waals surface area contributed by atoms with Crippen molar-refractivity contribution in [1.82, 2.24) is 29.7 Å². The second kappa shape index (κ2) is 9.61. The molecular weight excluding hydrogens is 536 g/mol. The maximum atomic E-state index is 14.4. The van der Waals surface area contributed by atoms with Crippen LogP contribution in [0.1, 0.15) is 12.8 Å². The minimum absolute atomic E-state index is 0.140. The predicted octanol–water partition coefficient (Wildman–Crippen LogP) is -0.219. The van der Waals surface area contributed by atoms with Crippen LogP contribution in [-0.4, -0.2) is 73.3 Å². The van der Waals surface area contributed by atoms with E-state index in [1.807, 2.05) is 23.9 Å². The Labute approximate surface area is 195 Å². The molecule has 3 aromatic heterocycles. The summed E-state index contributed by atoms with van der Waals surface area (Å²) in [7, 11) is 3.78. The Balaban J connectivity index is 1.47. The van der Waals surface area contributed by atoms with Gasteiger partial charge in [-0.25, -0.2) is 0 Å². The van der Waals surface area contributed by atoms with Crippen molar-refractivity contribution in [1.29, 1.82) is 0 Å². The number of anilines is 1. The fourth-order valence-corrected chi connectivity index (χ4v) is 6.16. The molecule has 0 radical (unpaired) electrons. The van der Waals surface area contributed by atoms with Crippen LogP contribution in [0.2, 0.25) is 5.02 Å². The number of likely N-dealkylation sites (tertiary alicyclic amines) is 1. The summed E-state index contributed by atoms with van der Waals surface area (Å²) in [5.74, 6) is 0.241. The quantitative estimate of drug-likeness (QED) is 0.247. The van der Waals surface area contributed by atoms with Crippen LogP contribution in [0.4, 0.5) is 10.2 Å². The van der Waals surface area contributed by atoms with Gasteiger partial charge in [0.15, 0.2) is 0 Å². The van der Waals surface area contributed by atoms with Gasteiger partial charge in [-0.1, -0.05) is 0 Å². The zero-order valence-electron chi connectivity index (χ0n) is 17.2. The molecule has 3 aromatic rings. The zero-order chi connectivity index (χ0) is 22.0. The van der Waals surface area contributed by atoms with Crippen molar-refractivity contribution in [3.8, 4) is 11.4 Å². The summed E-state index contributed by atoms with van der Waals surface area (Å²) in [6, 6.07) is 1.78. The molecule has 1 aliphatic rings. The van der Waals surface area contributed by atoms with Crippen molar-refractivity contribution in [2.24, 2.45) is 0 Å². The number of carbonyl (C=O) groups excluding carboxylic acids is 1. The van der Waals surface area contributed by atoms with Crippen LogP contribution in [0.3, 0.4) is 0 Å². The number of rotatable bonds is 6. The van der Waals surface area contributed by atoms with Crippen LogP contribution in [0, 0.1) is 5.82 Å². The Hall–Kier alpha value is -2.05. The normalized spacial score (nSPS) is 16.9. The molecule has 1 amide bonds. The summed E-state index contributed by atoms with van der Waals surface area (Å²) in [4.78, 5) is 32.0. The molecule has 0 aromatic carbocycles. The average Bonchev–Trinajstić information content (AvgIpc) is 3.16. The number of fused-ring (bicyclic) bond motifs is 1. The molecule has 4 rings (SSSR count).